The fourth-order valence-corrected chi connectivity index (χ4v) is 6.92. The smallest absolute Gasteiger partial charge is 0.270 e. The van der Waals surface area contributed by atoms with Gasteiger partial charge in [-0.25, -0.2) is 9.97 Å². The molecule has 3 amide bonds. The Morgan fingerprint density at radius 2 is 1.44 bits per heavy atom. The Hall–Kier alpha value is -3.49. The molecule has 2 aromatic heterocycles. The van der Waals surface area contributed by atoms with Crippen molar-refractivity contribution in [2.24, 2.45) is 11.8 Å². The molecule has 9 heteroatoms. The van der Waals surface area contributed by atoms with Crippen LogP contribution in [-0.4, -0.2) is 51.9 Å². The number of pyridine rings is 2. The number of amides is 3. The first-order chi connectivity index (χ1) is 17.2. The van der Waals surface area contributed by atoms with Crippen LogP contribution in [0.1, 0.15) is 72.1 Å². The molecule has 190 valence electrons. The number of nitrogens with one attached hydrogen (secondary N) is 4. The molecule has 4 N–H and O–H groups in total. The third-order valence-electron chi connectivity index (χ3n) is 7.73. The molecule has 0 saturated heterocycles. The van der Waals surface area contributed by atoms with Gasteiger partial charge in [0.05, 0.1) is 0 Å². The molecule has 6 rings (SSSR count). The molecule has 0 aliphatic heterocycles. The van der Waals surface area contributed by atoms with E-state index >= 15 is 0 Å². The van der Waals surface area contributed by atoms with Gasteiger partial charge in [0.1, 0.15) is 17.2 Å². The average molecular weight is 491 g/mol. The largest absolute Gasteiger partial charge is 0.368 e. The van der Waals surface area contributed by atoms with Gasteiger partial charge in [0.25, 0.3) is 11.8 Å². The summed E-state index contributed by atoms with van der Waals surface area (Å²) in [6, 6.07) is 10.8. The van der Waals surface area contributed by atoms with Crippen molar-refractivity contribution < 1.29 is 14.4 Å². The second-order valence-corrected chi connectivity index (χ2v) is 10.9. The molecule has 4 bridgehead atoms. The van der Waals surface area contributed by atoms with Crippen LogP contribution in [0.2, 0.25) is 0 Å². The highest BCUT2D eigenvalue weighted by molar-refractivity contribution is 5.94. The van der Waals surface area contributed by atoms with E-state index in [4.69, 9.17) is 0 Å². The zero-order valence-electron chi connectivity index (χ0n) is 20.9. The van der Waals surface area contributed by atoms with Gasteiger partial charge in [-0.15, -0.1) is 0 Å². The molecule has 4 aliphatic carbocycles. The summed E-state index contributed by atoms with van der Waals surface area (Å²) in [5.74, 6) is 1.13. The van der Waals surface area contributed by atoms with Gasteiger partial charge in [-0.3, -0.25) is 14.4 Å². The highest BCUT2D eigenvalue weighted by Crippen LogP contribution is 2.57. The zero-order valence-corrected chi connectivity index (χ0v) is 20.9. The predicted octanol–water partition coefficient (Wildman–Crippen LogP) is 2.58. The van der Waals surface area contributed by atoms with Crippen LogP contribution < -0.4 is 21.3 Å². The SMILES string of the molecule is CC(=O)NCCNc1cccc(C(=O)NC23CC4CC(CC(NC(=O)c5cccc(C)n5)(C4)C2)C3)n1. The first kappa shape index (κ1) is 24.2. The van der Waals surface area contributed by atoms with Crippen molar-refractivity contribution >= 4 is 23.5 Å². The van der Waals surface area contributed by atoms with E-state index in [0.717, 1.165) is 44.2 Å². The maximum Gasteiger partial charge on any atom is 0.270 e. The standard InChI is InChI=1S/C27H34N6O3/c1-17-5-3-6-21(30-17)24(35)32-26-12-19-11-20(13-26)15-27(14-19,16-26)33-25(36)22-7-4-8-23(31-22)29-10-9-28-18(2)34/h3-8,19-20H,9-16H2,1-2H3,(H,28,34)(H,29,31)(H,32,35)(H,33,36). The summed E-state index contributed by atoms with van der Waals surface area (Å²) >= 11 is 0. The molecule has 2 atom stereocenters. The van der Waals surface area contributed by atoms with E-state index in [0.29, 0.717) is 42.1 Å². The number of carbonyl (C=O) groups excluding carboxylic acids is 3. The molecule has 4 saturated carbocycles. The maximum absolute atomic E-state index is 13.3. The lowest BCUT2D eigenvalue weighted by Gasteiger charge is -2.62. The molecule has 0 spiro atoms. The second-order valence-electron chi connectivity index (χ2n) is 10.9. The first-order valence-electron chi connectivity index (χ1n) is 12.8. The quantitative estimate of drug-likeness (QED) is 0.422. The van der Waals surface area contributed by atoms with E-state index in [1.54, 1.807) is 24.3 Å². The number of aryl methyl sites for hydroxylation is 1. The lowest BCUT2D eigenvalue weighted by Crippen LogP contribution is -2.70. The molecule has 4 aliphatic rings. The fourth-order valence-electron chi connectivity index (χ4n) is 6.92. The Bertz CT molecular complexity index is 1170. The summed E-state index contributed by atoms with van der Waals surface area (Å²) in [7, 11) is 0. The van der Waals surface area contributed by atoms with Gasteiger partial charge >= 0.3 is 0 Å². The molecule has 9 nitrogen and oxygen atoms in total. The molecule has 36 heavy (non-hydrogen) atoms. The number of rotatable bonds is 8. The Labute approximate surface area is 211 Å². The van der Waals surface area contributed by atoms with Crippen LogP contribution in [0.25, 0.3) is 0 Å². The normalized spacial score (nSPS) is 27.8. The van der Waals surface area contributed by atoms with E-state index in [1.165, 1.54) is 6.92 Å². The summed E-state index contributed by atoms with van der Waals surface area (Å²) in [5, 5.41) is 12.6. The van der Waals surface area contributed by atoms with E-state index in [-0.39, 0.29) is 28.8 Å². The van der Waals surface area contributed by atoms with Crippen LogP contribution in [0, 0.1) is 18.8 Å². The van der Waals surface area contributed by atoms with Crippen molar-refractivity contribution in [2.45, 2.75) is 63.5 Å². The summed E-state index contributed by atoms with van der Waals surface area (Å²) < 4.78 is 0. The van der Waals surface area contributed by atoms with Gasteiger partial charge in [0.15, 0.2) is 0 Å². The summed E-state index contributed by atoms with van der Waals surface area (Å²) in [5.41, 5.74) is 0.954. The van der Waals surface area contributed by atoms with Gasteiger partial charge in [-0.2, -0.15) is 0 Å². The van der Waals surface area contributed by atoms with Crippen LogP contribution >= 0.6 is 0 Å². The maximum atomic E-state index is 13.3. The van der Waals surface area contributed by atoms with Gasteiger partial charge in [-0.05, 0) is 81.5 Å². The van der Waals surface area contributed by atoms with Gasteiger partial charge in [0.2, 0.25) is 5.91 Å². The van der Waals surface area contributed by atoms with Gasteiger partial charge < -0.3 is 21.3 Å². The third-order valence-corrected chi connectivity index (χ3v) is 7.73. The Balaban J connectivity index is 1.28. The minimum atomic E-state index is -0.342. The number of aromatic nitrogens is 2. The Kier molecular flexibility index (Phi) is 6.40. The van der Waals surface area contributed by atoms with E-state index < -0.39 is 0 Å². The Morgan fingerprint density at radius 3 is 2.03 bits per heavy atom. The summed E-state index contributed by atoms with van der Waals surface area (Å²) in [6.45, 7) is 4.35. The van der Waals surface area contributed by atoms with Crippen LogP contribution in [0.5, 0.6) is 0 Å². The number of hydrogen-bond donors (Lipinski definition) is 4. The molecule has 2 unspecified atom stereocenters. The lowest BCUT2D eigenvalue weighted by molar-refractivity contribution is -0.118. The average Bonchev–Trinajstić information content (AvgIpc) is 2.80. The highest BCUT2D eigenvalue weighted by atomic mass is 16.2. The van der Waals surface area contributed by atoms with Crippen molar-refractivity contribution in [1.29, 1.82) is 0 Å². The molecule has 0 radical (unpaired) electrons. The minimum Gasteiger partial charge on any atom is -0.368 e. The topological polar surface area (TPSA) is 125 Å². The van der Waals surface area contributed by atoms with E-state index in [1.807, 2.05) is 19.1 Å². The molecular weight excluding hydrogens is 456 g/mol. The monoisotopic (exact) mass is 490 g/mol. The van der Waals surface area contributed by atoms with Crippen LogP contribution in [-0.2, 0) is 4.79 Å². The molecule has 2 aromatic rings. The lowest BCUT2D eigenvalue weighted by atomic mass is 9.49. The third kappa shape index (κ3) is 5.20. The van der Waals surface area contributed by atoms with E-state index in [2.05, 4.69) is 31.2 Å². The van der Waals surface area contributed by atoms with Crippen LogP contribution in [0.15, 0.2) is 36.4 Å². The minimum absolute atomic E-state index is 0.0856. The second kappa shape index (κ2) is 9.52. The van der Waals surface area contributed by atoms with Crippen molar-refractivity contribution in [3.05, 3.63) is 53.5 Å². The van der Waals surface area contributed by atoms with Crippen molar-refractivity contribution in [3.8, 4) is 0 Å². The highest BCUT2D eigenvalue weighted by Gasteiger charge is 2.58. The van der Waals surface area contributed by atoms with Gasteiger partial charge in [-0.1, -0.05) is 12.1 Å². The van der Waals surface area contributed by atoms with Crippen LogP contribution in [0.4, 0.5) is 5.82 Å². The zero-order chi connectivity index (χ0) is 25.3. The molecule has 0 aromatic carbocycles. The number of anilines is 1. The molecule has 4 fully saturated rings. The van der Waals surface area contributed by atoms with Gasteiger partial charge in [0, 0.05) is 36.8 Å². The van der Waals surface area contributed by atoms with Crippen molar-refractivity contribution in [1.82, 2.24) is 25.9 Å². The van der Waals surface area contributed by atoms with Crippen molar-refractivity contribution in [3.63, 3.8) is 0 Å². The fraction of sp³-hybridized carbons (Fsp3) is 0.519. The summed E-state index contributed by atoms with van der Waals surface area (Å²) in [6.07, 6.45) is 5.65. The number of nitrogens with zero attached hydrogens (tertiary/aromatic N) is 2. The molecule has 2 heterocycles. The van der Waals surface area contributed by atoms with Crippen molar-refractivity contribution in [2.75, 3.05) is 18.4 Å². The number of hydrogen-bond acceptors (Lipinski definition) is 6. The Morgan fingerprint density at radius 1 is 0.861 bits per heavy atom. The summed E-state index contributed by atoms with van der Waals surface area (Å²) in [4.78, 5) is 46.4. The van der Waals surface area contributed by atoms with E-state index in [9.17, 15) is 14.4 Å². The number of carbonyl (C=O) groups is 3. The predicted molar refractivity (Wildman–Crippen MR) is 135 cm³/mol. The first-order valence-corrected chi connectivity index (χ1v) is 12.8. The molecular formula is C27H34N6O3. The van der Waals surface area contributed by atoms with Crippen LogP contribution in [0.3, 0.4) is 0 Å².